The van der Waals surface area contributed by atoms with Gasteiger partial charge in [-0.05, 0) is 57.8 Å². The monoisotopic (exact) mass is 466 g/mol. The molecule has 1 N–H and O–H groups in total. The first kappa shape index (κ1) is 31.7. The van der Waals surface area contributed by atoms with E-state index in [-0.39, 0.29) is 18.5 Å². The Morgan fingerprint density at radius 1 is 0.636 bits per heavy atom. The molecule has 0 rings (SSSR count). The quantitative estimate of drug-likeness (QED) is 0.0827. The van der Waals surface area contributed by atoms with Gasteiger partial charge in [-0.3, -0.25) is 9.59 Å². The van der Waals surface area contributed by atoms with Gasteiger partial charge in [0, 0.05) is 12.8 Å². The maximum atomic E-state index is 12.4. The Morgan fingerprint density at radius 2 is 1.12 bits per heavy atom. The molecule has 1 atom stereocenters. The number of carbonyl (C=O) groups is 2. The molecule has 33 heavy (non-hydrogen) atoms. The van der Waals surface area contributed by atoms with Crippen molar-refractivity contribution in [2.24, 2.45) is 0 Å². The minimum atomic E-state index is -0.705. The highest BCUT2D eigenvalue weighted by Crippen LogP contribution is 2.18. The van der Waals surface area contributed by atoms with Crippen LogP contribution in [-0.4, -0.2) is 23.1 Å². The molecule has 0 aliphatic heterocycles. The summed E-state index contributed by atoms with van der Waals surface area (Å²) in [6.07, 6.45) is 28.0. The lowest BCUT2D eigenvalue weighted by atomic mass is 10.0. The fourth-order valence-electron chi connectivity index (χ4n) is 4.10. The van der Waals surface area contributed by atoms with Crippen molar-refractivity contribution < 1.29 is 19.4 Å². The molecule has 194 valence electrons. The van der Waals surface area contributed by atoms with E-state index in [0.29, 0.717) is 6.42 Å². The van der Waals surface area contributed by atoms with Crippen LogP contribution in [0.3, 0.4) is 0 Å². The van der Waals surface area contributed by atoms with Crippen LogP contribution in [0.15, 0.2) is 12.2 Å². The normalized spacial score (nSPS) is 12.3. The molecule has 0 spiro atoms. The molecule has 0 aliphatic carbocycles. The average Bonchev–Trinajstić information content (AvgIpc) is 2.79. The molecule has 0 aliphatic rings. The molecule has 0 bridgehead atoms. The molecule has 1 unspecified atom stereocenters. The zero-order valence-electron chi connectivity index (χ0n) is 22.0. The summed E-state index contributed by atoms with van der Waals surface area (Å²) in [6.45, 7) is 4.44. The Hall–Kier alpha value is -1.32. The Balaban J connectivity index is 3.91. The summed E-state index contributed by atoms with van der Waals surface area (Å²) >= 11 is 0. The highest BCUT2D eigenvalue weighted by molar-refractivity contribution is 5.69. The first-order chi connectivity index (χ1) is 16.1. The lowest BCUT2D eigenvalue weighted by Crippen LogP contribution is -2.18. The van der Waals surface area contributed by atoms with E-state index in [1.807, 2.05) is 0 Å². The fourth-order valence-corrected chi connectivity index (χ4v) is 4.10. The molecule has 0 heterocycles. The maximum absolute atomic E-state index is 12.4. The van der Waals surface area contributed by atoms with E-state index in [1.165, 1.54) is 64.2 Å². The van der Waals surface area contributed by atoms with Gasteiger partial charge in [-0.2, -0.15) is 0 Å². The van der Waals surface area contributed by atoms with Crippen molar-refractivity contribution in [1.82, 2.24) is 0 Å². The molecule has 0 radical (unpaired) electrons. The van der Waals surface area contributed by atoms with Gasteiger partial charge in [0.1, 0.15) is 6.10 Å². The van der Waals surface area contributed by atoms with Gasteiger partial charge in [-0.1, -0.05) is 96.6 Å². The highest BCUT2D eigenvalue weighted by atomic mass is 16.5. The minimum Gasteiger partial charge on any atom is -0.481 e. The van der Waals surface area contributed by atoms with Gasteiger partial charge in [-0.25, -0.2) is 0 Å². The number of allylic oxidation sites excluding steroid dienone is 2. The van der Waals surface area contributed by atoms with Gasteiger partial charge in [-0.15, -0.1) is 0 Å². The Morgan fingerprint density at radius 3 is 1.73 bits per heavy atom. The average molecular weight is 467 g/mol. The lowest BCUT2D eigenvalue weighted by molar-refractivity contribution is -0.150. The fraction of sp³-hybridized carbons (Fsp3) is 0.862. The van der Waals surface area contributed by atoms with Crippen LogP contribution in [0.2, 0.25) is 0 Å². The largest absolute Gasteiger partial charge is 0.481 e. The van der Waals surface area contributed by atoms with Crippen molar-refractivity contribution in [2.45, 2.75) is 161 Å². The van der Waals surface area contributed by atoms with E-state index < -0.39 is 5.97 Å². The number of unbranched alkanes of at least 4 members (excludes halogenated alkanes) is 14. The Labute approximate surface area is 204 Å². The number of carbonyl (C=O) groups excluding carboxylic acids is 1. The van der Waals surface area contributed by atoms with Crippen molar-refractivity contribution in [3.05, 3.63) is 12.2 Å². The zero-order valence-corrected chi connectivity index (χ0v) is 22.0. The lowest BCUT2D eigenvalue weighted by Gasteiger charge is -2.18. The zero-order chi connectivity index (χ0) is 24.4. The third-order valence-electron chi connectivity index (χ3n) is 6.24. The van der Waals surface area contributed by atoms with E-state index in [1.54, 1.807) is 0 Å². The van der Waals surface area contributed by atoms with Crippen molar-refractivity contribution in [2.75, 3.05) is 0 Å². The number of hydrogen-bond acceptors (Lipinski definition) is 3. The van der Waals surface area contributed by atoms with E-state index in [2.05, 4.69) is 26.0 Å². The molecule has 0 aromatic carbocycles. The van der Waals surface area contributed by atoms with Gasteiger partial charge in [0.2, 0.25) is 0 Å². The number of rotatable bonds is 25. The molecule has 4 nitrogen and oxygen atoms in total. The standard InChI is InChI=1S/C29H54O4/c1-3-5-7-9-10-11-12-13-14-18-22-26-29(32)33-27(23-19-8-6-4-2)24-20-16-15-17-21-25-28(30)31/h9-10,27H,3-8,11-26H2,1-2H3,(H,30,31)/b10-9-. The van der Waals surface area contributed by atoms with Gasteiger partial charge in [0.05, 0.1) is 0 Å². The number of carboxylic acids is 1. The van der Waals surface area contributed by atoms with Crippen molar-refractivity contribution in [3.8, 4) is 0 Å². The van der Waals surface area contributed by atoms with Crippen LogP contribution in [0.4, 0.5) is 0 Å². The van der Waals surface area contributed by atoms with Crippen LogP contribution >= 0.6 is 0 Å². The second-order valence-electron chi connectivity index (χ2n) is 9.58. The summed E-state index contributed by atoms with van der Waals surface area (Å²) in [7, 11) is 0. The van der Waals surface area contributed by atoms with Crippen LogP contribution in [0, 0.1) is 0 Å². The maximum Gasteiger partial charge on any atom is 0.306 e. The molecule has 4 heteroatoms. The summed E-state index contributed by atoms with van der Waals surface area (Å²) in [5.41, 5.74) is 0. The van der Waals surface area contributed by atoms with Gasteiger partial charge in [0.15, 0.2) is 0 Å². The van der Waals surface area contributed by atoms with Gasteiger partial charge >= 0.3 is 11.9 Å². The van der Waals surface area contributed by atoms with Crippen molar-refractivity contribution in [1.29, 1.82) is 0 Å². The molecular formula is C29H54O4. The molecule has 0 aromatic rings. The first-order valence-corrected chi connectivity index (χ1v) is 14.2. The molecular weight excluding hydrogens is 412 g/mol. The SMILES string of the molecule is CCCC/C=C\CCCCCCCC(=O)OC(CCCCCC)CCCCCCCC(=O)O. The van der Waals surface area contributed by atoms with Crippen molar-refractivity contribution in [3.63, 3.8) is 0 Å². The van der Waals surface area contributed by atoms with Crippen LogP contribution in [0.25, 0.3) is 0 Å². The van der Waals surface area contributed by atoms with Crippen LogP contribution < -0.4 is 0 Å². The molecule has 0 saturated carbocycles. The highest BCUT2D eigenvalue weighted by Gasteiger charge is 2.14. The topological polar surface area (TPSA) is 63.6 Å². The van der Waals surface area contributed by atoms with Gasteiger partial charge in [0.25, 0.3) is 0 Å². The van der Waals surface area contributed by atoms with E-state index in [4.69, 9.17) is 9.84 Å². The van der Waals surface area contributed by atoms with Gasteiger partial charge < -0.3 is 9.84 Å². The number of aliphatic carboxylic acids is 1. The summed E-state index contributed by atoms with van der Waals surface area (Å²) in [5.74, 6) is -0.722. The van der Waals surface area contributed by atoms with Crippen LogP contribution in [-0.2, 0) is 14.3 Å². The number of esters is 1. The Bertz CT molecular complexity index is 472. The first-order valence-electron chi connectivity index (χ1n) is 14.2. The Kier molecular flexibility index (Phi) is 24.3. The number of ether oxygens (including phenoxy) is 1. The molecule has 0 aromatic heterocycles. The second-order valence-corrected chi connectivity index (χ2v) is 9.58. The third-order valence-corrected chi connectivity index (χ3v) is 6.24. The second kappa shape index (κ2) is 25.3. The molecule has 0 fully saturated rings. The summed E-state index contributed by atoms with van der Waals surface area (Å²) in [5, 5.41) is 8.70. The van der Waals surface area contributed by atoms with E-state index >= 15 is 0 Å². The van der Waals surface area contributed by atoms with Crippen LogP contribution in [0.5, 0.6) is 0 Å². The molecule has 0 saturated heterocycles. The van der Waals surface area contributed by atoms with Crippen LogP contribution in [0.1, 0.15) is 155 Å². The summed E-state index contributed by atoms with van der Waals surface area (Å²) in [4.78, 5) is 22.9. The minimum absolute atomic E-state index is 0.0178. The summed E-state index contributed by atoms with van der Waals surface area (Å²) in [6, 6.07) is 0. The predicted molar refractivity (Wildman–Crippen MR) is 140 cm³/mol. The number of hydrogen-bond donors (Lipinski definition) is 1. The van der Waals surface area contributed by atoms with E-state index in [0.717, 1.165) is 64.2 Å². The molecule has 0 amide bonds. The van der Waals surface area contributed by atoms with Crippen molar-refractivity contribution >= 4 is 11.9 Å². The van der Waals surface area contributed by atoms with E-state index in [9.17, 15) is 9.59 Å². The predicted octanol–water partition coefficient (Wildman–Crippen LogP) is 9.16. The number of carboxylic acid groups (broad SMARTS) is 1. The smallest absolute Gasteiger partial charge is 0.306 e. The summed E-state index contributed by atoms with van der Waals surface area (Å²) < 4.78 is 5.86. The third kappa shape index (κ3) is 25.1.